The Balaban J connectivity index is 1.45. The molecule has 0 saturated carbocycles. The first-order valence-corrected chi connectivity index (χ1v) is 9.37. The third kappa shape index (κ3) is 3.44. The third-order valence-electron chi connectivity index (χ3n) is 4.47. The lowest BCUT2D eigenvalue weighted by Crippen LogP contribution is -2.35. The Morgan fingerprint density at radius 3 is 2.72 bits per heavy atom. The van der Waals surface area contributed by atoms with Crippen LogP contribution < -0.4 is 4.90 Å². The average Bonchev–Trinajstić information content (AvgIpc) is 3.30. The van der Waals surface area contributed by atoms with E-state index in [2.05, 4.69) is 14.9 Å². The van der Waals surface area contributed by atoms with E-state index in [-0.39, 0.29) is 5.91 Å². The summed E-state index contributed by atoms with van der Waals surface area (Å²) >= 11 is 1.65. The Hall–Kier alpha value is -2.60. The molecule has 5 nitrogen and oxygen atoms in total. The first-order chi connectivity index (χ1) is 12.3. The number of hydrogen-bond donors (Lipinski definition) is 1. The molecule has 3 heterocycles. The zero-order chi connectivity index (χ0) is 17.1. The molecule has 0 radical (unpaired) electrons. The summed E-state index contributed by atoms with van der Waals surface area (Å²) in [6.07, 6.45) is 2.79. The fraction of sp³-hybridized carbons (Fsp3) is 0.263. The zero-order valence-electron chi connectivity index (χ0n) is 13.9. The highest BCUT2D eigenvalue weighted by Gasteiger charge is 2.22. The number of hydrogen-bond acceptors (Lipinski definition) is 4. The molecule has 2 aromatic heterocycles. The van der Waals surface area contributed by atoms with Gasteiger partial charge < -0.3 is 14.8 Å². The molecule has 0 unspecified atom stereocenters. The monoisotopic (exact) mass is 352 g/mol. The normalized spacial score (nSPS) is 15.2. The highest BCUT2D eigenvalue weighted by Crippen LogP contribution is 2.21. The van der Waals surface area contributed by atoms with Crippen LogP contribution in [-0.4, -0.2) is 47.0 Å². The second kappa shape index (κ2) is 7.11. The SMILES string of the molecule is O=C(c1ccc(-c2ccccc2)[nH]1)N1CCCN(c2nccs2)CC1. The van der Waals surface area contributed by atoms with Crippen LogP contribution in [0.4, 0.5) is 5.13 Å². The van der Waals surface area contributed by atoms with Crippen molar-refractivity contribution in [1.82, 2.24) is 14.9 Å². The molecule has 6 heteroatoms. The molecule has 3 aromatic rings. The molecule has 0 atom stereocenters. The number of benzene rings is 1. The number of carbonyl (C=O) groups is 1. The van der Waals surface area contributed by atoms with Crippen LogP contribution in [0.15, 0.2) is 54.0 Å². The van der Waals surface area contributed by atoms with Crippen molar-refractivity contribution in [1.29, 1.82) is 0 Å². The summed E-state index contributed by atoms with van der Waals surface area (Å²) in [5, 5.41) is 3.04. The van der Waals surface area contributed by atoms with Gasteiger partial charge in [-0.2, -0.15) is 0 Å². The predicted octanol–water partition coefficient (Wildman–Crippen LogP) is 3.49. The molecule has 0 aliphatic carbocycles. The maximum absolute atomic E-state index is 12.9. The highest BCUT2D eigenvalue weighted by molar-refractivity contribution is 7.13. The number of aromatic nitrogens is 2. The lowest BCUT2D eigenvalue weighted by Gasteiger charge is -2.21. The molecular formula is C19H20N4OS. The average molecular weight is 352 g/mol. The largest absolute Gasteiger partial charge is 0.351 e. The van der Waals surface area contributed by atoms with Crippen LogP contribution in [0.1, 0.15) is 16.9 Å². The van der Waals surface area contributed by atoms with E-state index in [4.69, 9.17) is 0 Å². The fourth-order valence-electron chi connectivity index (χ4n) is 3.16. The van der Waals surface area contributed by atoms with Crippen molar-refractivity contribution in [2.45, 2.75) is 6.42 Å². The van der Waals surface area contributed by atoms with E-state index in [1.807, 2.05) is 58.9 Å². The Bertz CT molecular complexity index is 828. The Kier molecular flexibility index (Phi) is 4.52. The molecule has 1 amide bonds. The second-order valence-corrected chi connectivity index (χ2v) is 6.97. The summed E-state index contributed by atoms with van der Waals surface area (Å²) in [5.41, 5.74) is 2.72. The molecule has 1 saturated heterocycles. The van der Waals surface area contributed by atoms with Gasteiger partial charge in [0.25, 0.3) is 5.91 Å². The van der Waals surface area contributed by atoms with Crippen LogP contribution >= 0.6 is 11.3 Å². The number of anilines is 1. The standard InChI is InChI=1S/C19H20N4OS/c24-18(17-8-7-16(21-17)15-5-2-1-3-6-15)22-10-4-11-23(13-12-22)19-20-9-14-25-19/h1-3,5-9,14,21H,4,10-13H2. The number of aromatic amines is 1. The minimum absolute atomic E-state index is 0.0724. The third-order valence-corrected chi connectivity index (χ3v) is 5.31. The lowest BCUT2D eigenvalue weighted by molar-refractivity contribution is 0.0762. The van der Waals surface area contributed by atoms with Gasteiger partial charge in [-0.05, 0) is 24.1 Å². The van der Waals surface area contributed by atoms with Gasteiger partial charge in [0.1, 0.15) is 5.69 Å². The summed E-state index contributed by atoms with van der Waals surface area (Å²) in [6.45, 7) is 3.27. The van der Waals surface area contributed by atoms with Crippen molar-refractivity contribution in [3.8, 4) is 11.3 Å². The fourth-order valence-corrected chi connectivity index (χ4v) is 3.86. The summed E-state index contributed by atoms with van der Waals surface area (Å²) in [4.78, 5) is 24.7. The summed E-state index contributed by atoms with van der Waals surface area (Å²) in [5.74, 6) is 0.0724. The van der Waals surface area contributed by atoms with E-state index in [0.29, 0.717) is 5.69 Å². The van der Waals surface area contributed by atoms with Crippen molar-refractivity contribution in [2.75, 3.05) is 31.1 Å². The number of nitrogens with one attached hydrogen (secondary N) is 1. The topological polar surface area (TPSA) is 52.2 Å². The molecule has 1 aliphatic rings. The van der Waals surface area contributed by atoms with Crippen molar-refractivity contribution >= 4 is 22.4 Å². The molecule has 1 N–H and O–H groups in total. The molecule has 0 bridgehead atoms. The molecule has 4 rings (SSSR count). The van der Waals surface area contributed by atoms with Crippen LogP contribution in [0.5, 0.6) is 0 Å². The van der Waals surface area contributed by atoms with Crippen molar-refractivity contribution < 1.29 is 4.79 Å². The van der Waals surface area contributed by atoms with E-state index >= 15 is 0 Å². The van der Waals surface area contributed by atoms with Crippen LogP contribution in [0.25, 0.3) is 11.3 Å². The van der Waals surface area contributed by atoms with Crippen molar-refractivity contribution in [3.05, 3.63) is 59.7 Å². The zero-order valence-corrected chi connectivity index (χ0v) is 14.7. The lowest BCUT2D eigenvalue weighted by atomic mass is 10.2. The molecule has 1 aromatic carbocycles. The van der Waals surface area contributed by atoms with Gasteiger partial charge in [0.05, 0.1) is 0 Å². The van der Waals surface area contributed by atoms with Gasteiger partial charge in [0.2, 0.25) is 0 Å². The van der Waals surface area contributed by atoms with Gasteiger partial charge in [0.15, 0.2) is 5.13 Å². The van der Waals surface area contributed by atoms with E-state index in [1.165, 1.54) is 0 Å². The second-order valence-electron chi connectivity index (χ2n) is 6.10. The van der Waals surface area contributed by atoms with Gasteiger partial charge in [-0.15, -0.1) is 11.3 Å². The van der Waals surface area contributed by atoms with Crippen LogP contribution in [0.3, 0.4) is 0 Å². The van der Waals surface area contributed by atoms with E-state index < -0.39 is 0 Å². The van der Waals surface area contributed by atoms with Gasteiger partial charge in [-0.25, -0.2) is 4.98 Å². The van der Waals surface area contributed by atoms with Gasteiger partial charge in [-0.3, -0.25) is 4.79 Å². The smallest absolute Gasteiger partial charge is 0.270 e. The number of thiazole rings is 1. The molecule has 0 spiro atoms. The summed E-state index contributed by atoms with van der Waals surface area (Å²) in [6, 6.07) is 13.9. The first-order valence-electron chi connectivity index (χ1n) is 8.49. The van der Waals surface area contributed by atoms with E-state index in [9.17, 15) is 4.79 Å². The summed E-state index contributed by atoms with van der Waals surface area (Å²) < 4.78 is 0. The van der Waals surface area contributed by atoms with E-state index in [1.54, 1.807) is 11.3 Å². The number of H-pyrrole nitrogens is 1. The number of nitrogens with zero attached hydrogens (tertiary/aromatic N) is 3. The minimum atomic E-state index is 0.0724. The first kappa shape index (κ1) is 15.9. The quantitative estimate of drug-likeness (QED) is 0.785. The number of rotatable bonds is 3. The van der Waals surface area contributed by atoms with Gasteiger partial charge in [0, 0.05) is 43.4 Å². The number of amides is 1. The Labute approximate surface area is 150 Å². The van der Waals surface area contributed by atoms with Crippen LogP contribution in [0, 0.1) is 0 Å². The van der Waals surface area contributed by atoms with Gasteiger partial charge in [-0.1, -0.05) is 30.3 Å². The van der Waals surface area contributed by atoms with Crippen molar-refractivity contribution in [3.63, 3.8) is 0 Å². The highest BCUT2D eigenvalue weighted by atomic mass is 32.1. The molecule has 1 fully saturated rings. The summed E-state index contributed by atoms with van der Waals surface area (Å²) in [7, 11) is 0. The maximum atomic E-state index is 12.9. The van der Waals surface area contributed by atoms with Crippen LogP contribution in [-0.2, 0) is 0 Å². The predicted molar refractivity (Wildman–Crippen MR) is 101 cm³/mol. The molecular weight excluding hydrogens is 332 g/mol. The van der Waals surface area contributed by atoms with Crippen molar-refractivity contribution in [2.24, 2.45) is 0 Å². The number of carbonyl (C=O) groups excluding carboxylic acids is 1. The Morgan fingerprint density at radius 2 is 1.92 bits per heavy atom. The molecule has 128 valence electrons. The Morgan fingerprint density at radius 1 is 1.04 bits per heavy atom. The molecule has 1 aliphatic heterocycles. The maximum Gasteiger partial charge on any atom is 0.270 e. The van der Waals surface area contributed by atoms with Crippen LogP contribution in [0.2, 0.25) is 0 Å². The minimum Gasteiger partial charge on any atom is -0.351 e. The van der Waals surface area contributed by atoms with E-state index in [0.717, 1.165) is 49.0 Å². The molecule has 25 heavy (non-hydrogen) atoms. The van der Waals surface area contributed by atoms with Gasteiger partial charge >= 0.3 is 0 Å².